The summed E-state index contributed by atoms with van der Waals surface area (Å²) < 4.78 is 0. The summed E-state index contributed by atoms with van der Waals surface area (Å²) in [5, 5.41) is 7.42. The second kappa shape index (κ2) is 10.0. The molecular formula is C2H4Br2CuO2. The van der Waals surface area contributed by atoms with E-state index in [1.807, 2.05) is 0 Å². The average Bonchev–Trinajstić information content (AvgIpc) is 1.33. The van der Waals surface area contributed by atoms with Gasteiger partial charge in [0.1, 0.15) is 0 Å². The molecule has 1 N–H and O–H groups in total. The summed E-state index contributed by atoms with van der Waals surface area (Å²) in [6.07, 6.45) is 0. The van der Waals surface area contributed by atoms with E-state index in [9.17, 15) is 0 Å². The van der Waals surface area contributed by atoms with Gasteiger partial charge in [0.2, 0.25) is 0 Å². The van der Waals surface area contributed by atoms with Crippen LogP contribution >= 0.6 is 28.2 Å². The minimum absolute atomic E-state index is 0.833. The van der Waals surface area contributed by atoms with Crippen LogP contribution in [0.15, 0.2) is 0 Å². The van der Waals surface area contributed by atoms with Crippen LogP contribution < -0.4 is 0 Å². The number of rotatable bonds is 0. The molecule has 0 amide bonds. The third-order valence-corrected chi connectivity index (χ3v) is 0. The molecule has 0 fully saturated rings. The molecule has 2 nitrogen and oxygen atoms in total. The summed E-state index contributed by atoms with van der Waals surface area (Å²) in [5.74, 6) is -0.833. The Bertz CT molecular complexity index is 45.0. The summed E-state index contributed by atoms with van der Waals surface area (Å²) >= 11 is 7.38. The molecular weight excluding hydrogens is 279 g/mol. The van der Waals surface area contributed by atoms with Gasteiger partial charge in [0.15, 0.2) is 0 Å². The Morgan fingerprint density at radius 3 is 1.71 bits per heavy atom. The first-order valence-electron chi connectivity index (χ1n) is 1.16. The summed E-state index contributed by atoms with van der Waals surface area (Å²) in [6, 6.07) is 0. The quantitative estimate of drug-likeness (QED) is 0.688. The van der Waals surface area contributed by atoms with Gasteiger partial charge >= 0.3 is 39.6 Å². The molecule has 0 bridgehead atoms. The van der Waals surface area contributed by atoms with Crippen LogP contribution in [0.25, 0.3) is 0 Å². The molecule has 0 radical (unpaired) electrons. The Balaban J connectivity index is 0. The second-order valence-corrected chi connectivity index (χ2v) is 5.31. The van der Waals surface area contributed by atoms with Crippen molar-refractivity contribution in [2.45, 2.75) is 6.92 Å². The minimum atomic E-state index is -0.833. The van der Waals surface area contributed by atoms with Gasteiger partial charge in [-0.25, -0.2) is 0 Å². The first kappa shape index (κ1) is 10.8. The molecule has 7 heavy (non-hydrogen) atoms. The molecule has 0 atom stereocenters. The maximum absolute atomic E-state index is 9.00. The van der Waals surface area contributed by atoms with Crippen LogP contribution in [-0.4, -0.2) is 11.1 Å². The monoisotopic (exact) mass is 281 g/mol. The zero-order valence-electron chi connectivity index (χ0n) is 3.41. The van der Waals surface area contributed by atoms with Crippen LogP contribution in [0.5, 0.6) is 0 Å². The second-order valence-electron chi connectivity index (χ2n) is 0.562. The first-order chi connectivity index (χ1) is 3.15. The fraction of sp³-hybridized carbons (Fsp3) is 0.500. The van der Waals surface area contributed by atoms with Crippen molar-refractivity contribution in [3.8, 4) is 0 Å². The van der Waals surface area contributed by atoms with Crippen LogP contribution in [0.4, 0.5) is 0 Å². The fourth-order valence-electron chi connectivity index (χ4n) is 0. The molecule has 0 aromatic heterocycles. The van der Waals surface area contributed by atoms with E-state index in [1.165, 1.54) is 11.3 Å². The summed E-state index contributed by atoms with van der Waals surface area (Å²) in [7, 11) is 0. The number of carbonyl (C=O) groups is 1. The molecule has 0 saturated carbocycles. The van der Waals surface area contributed by atoms with E-state index in [0.29, 0.717) is 0 Å². The maximum atomic E-state index is 9.00. The Labute approximate surface area is 62.2 Å². The van der Waals surface area contributed by atoms with Crippen LogP contribution in [0.2, 0.25) is 0 Å². The zero-order chi connectivity index (χ0) is 6.28. The molecule has 5 heteroatoms. The van der Waals surface area contributed by atoms with Crippen molar-refractivity contribution in [1.82, 2.24) is 0 Å². The average molecular weight is 283 g/mol. The van der Waals surface area contributed by atoms with Gasteiger partial charge in [0.05, 0.1) is 0 Å². The van der Waals surface area contributed by atoms with Crippen LogP contribution in [0.3, 0.4) is 0 Å². The van der Waals surface area contributed by atoms with Crippen molar-refractivity contribution < 1.29 is 21.2 Å². The van der Waals surface area contributed by atoms with Gasteiger partial charge < -0.3 is 5.11 Å². The Kier molecular flexibility index (Phi) is 15.6. The van der Waals surface area contributed by atoms with E-state index < -0.39 is 5.97 Å². The van der Waals surface area contributed by atoms with E-state index in [2.05, 4.69) is 28.2 Å². The molecule has 0 aliphatic heterocycles. The molecule has 0 rings (SSSR count). The standard InChI is InChI=1S/C2H4O2.2BrH.Cu/c1-2(3)4;;;/h1H3,(H,3,4);2*1H;/q;;;+2/p-2. The third kappa shape index (κ3) is 189. The Morgan fingerprint density at radius 1 is 1.71 bits per heavy atom. The van der Waals surface area contributed by atoms with Crippen molar-refractivity contribution in [3.05, 3.63) is 0 Å². The number of aliphatic carboxylic acids is 1. The van der Waals surface area contributed by atoms with E-state index in [0.717, 1.165) is 6.92 Å². The number of halogens is 2. The third-order valence-electron chi connectivity index (χ3n) is 0. The van der Waals surface area contributed by atoms with Gasteiger partial charge in [-0.15, -0.1) is 0 Å². The van der Waals surface area contributed by atoms with E-state index in [4.69, 9.17) is 9.90 Å². The molecule has 0 aliphatic carbocycles. The molecule has 0 aromatic rings. The van der Waals surface area contributed by atoms with Gasteiger partial charge in [-0.1, -0.05) is 0 Å². The van der Waals surface area contributed by atoms with Crippen molar-refractivity contribution in [3.63, 3.8) is 0 Å². The van der Waals surface area contributed by atoms with Crippen molar-refractivity contribution in [2.75, 3.05) is 0 Å². The van der Waals surface area contributed by atoms with Crippen LogP contribution in [0.1, 0.15) is 6.92 Å². The van der Waals surface area contributed by atoms with Gasteiger partial charge in [-0.2, -0.15) is 0 Å². The number of hydrogen-bond donors (Lipinski definition) is 1. The van der Waals surface area contributed by atoms with Crippen molar-refractivity contribution in [1.29, 1.82) is 0 Å². The molecule has 0 aromatic carbocycles. The molecule has 49 valence electrons. The molecule has 0 aliphatic rings. The summed E-state index contributed by atoms with van der Waals surface area (Å²) in [4.78, 5) is 9.00. The normalized spacial score (nSPS) is 6.71. The Morgan fingerprint density at radius 2 is 1.71 bits per heavy atom. The topological polar surface area (TPSA) is 37.3 Å². The molecule has 0 saturated heterocycles. The summed E-state index contributed by atoms with van der Waals surface area (Å²) in [6.45, 7) is 1.08. The molecule has 0 heterocycles. The van der Waals surface area contributed by atoms with Gasteiger partial charge in [0, 0.05) is 6.92 Å². The first-order valence-corrected chi connectivity index (χ1v) is 5.81. The fourth-order valence-corrected chi connectivity index (χ4v) is 0. The van der Waals surface area contributed by atoms with Crippen LogP contribution in [0, 0.1) is 0 Å². The van der Waals surface area contributed by atoms with Crippen molar-refractivity contribution in [2.24, 2.45) is 0 Å². The van der Waals surface area contributed by atoms with E-state index in [1.54, 1.807) is 0 Å². The number of carboxylic acid groups (broad SMARTS) is 1. The molecule has 0 unspecified atom stereocenters. The van der Waals surface area contributed by atoms with Crippen molar-refractivity contribution >= 4 is 34.2 Å². The van der Waals surface area contributed by atoms with Gasteiger partial charge in [-0.05, 0) is 0 Å². The van der Waals surface area contributed by atoms with Crippen LogP contribution in [-0.2, 0) is 16.1 Å². The van der Waals surface area contributed by atoms with E-state index in [-0.39, 0.29) is 0 Å². The van der Waals surface area contributed by atoms with Gasteiger partial charge in [-0.3, -0.25) is 4.79 Å². The SMILES string of the molecule is CC(=O)O.[Br][Cu][Br]. The summed E-state index contributed by atoms with van der Waals surface area (Å²) in [5.41, 5.74) is 0. The zero-order valence-corrected chi connectivity index (χ0v) is 7.53. The Hall–Kier alpha value is 0.949. The molecule has 0 spiro atoms. The van der Waals surface area contributed by atoms with E-state index >= 15 is 0 Å². The number of carboxylic acids is 1. The van der Waals surface area contributed by atoms with Gasteiger partial charge in [0.25, 0.3) is 5.97 Å². The number of hydrogen-bond acceptors (Lipinski definition) is 1. The predicted molar refractivity (Wildman–Crippen MR) is 31.2 cm³/mol. The predicted octanol–water partition coefficient (Wildman–Crippen LogP) is 1.78.